The number of aromatic nitrogens is 1. The average Bonchev–Trinajstić information content (AvgIpc) is 3.16. The summed E-state index contributed by atoms with van der Waals surface area (Å²) in [6.45, 7) is 2.55. The van der Waals surface area contributed by atoms with Crippen LogP contribution in [0.4, 0.5) is 17.2 Å². The molecule has 1 amide bonds. The molecule has 2 aliphatic heterocycles. The third-order valence-corrected chi connectivity index (χ3v) is 5.29. The zero-order chi connectivity index (χ0) is 19.6. The summed E-state index contributed by atoms with van der Waals surface area (Å²) in [5.41, 5.74) is 2.69. The molecule has 7 nitrogen and oxygen atoms in total. The van der Waals surface area contributed by atoms with Gasteiger partial charge in [0.2, 0.25) is 0 Å². The van der Waals surface area contributed by atoms with Crippen LogP contribution in [0.15, 0.2) is 42.6 Å². The Bertz CT molecular complexity index is 822. The van der Waals surface area contributed by atoms with Crippen LogP contribution in [0.25, 0.3) is 0 Å². The summed E-state index contributed by atoms with van der Waals surface area (Å²) in [5.74, 6) is 0.195. The largest absolute Gasteiger partial charge is 0.378 e. The van der Waals surface area contributed by atoms with Crippen molar-refractivity contribution in [3.05, 3.63) is 48.2 Å². The maximum atomic E-state index is 12.9. The highest BCUT2D eigenvalue weighted by atomic mass is 16.7. The first-order valence-electron chi connectivity index (χ1n) is 9.62. The zero-order valence-electron chi connectivity index (χ0n) is 16.4. The van der Waals surface area contributed by atoms with Crippen LogP contribution in [0.3, 0.4) is 0 Å². The van der Waals surface area contributed by atoms with Crippen LogP contribution in [-0.4, -0.2) is 62.0 Å². The molecule has 0 aliphatic carbocycles. The van der Waals surface area contributed by atoms with Crippen molar-refractivity contribution < 1.29 is 14.3 Å². The number of anilines is 3. The highest BCUT2D eigenvalue weighted by Gasteiger charge is 2.40. The van der Waals surface area contributed by atoms with Crippen molar-refractivity contribution in [2.45, 2.75) is 18.6 Å². The van der Waals surface area contributed by atoms with E-state index in [-0.39, 0.29) is 5.91 Å². The van der Waals surface area contributed by atoms with Gasteiger partial charge in [0.1, 0.15) is 5.82 Å². The lowest BCUT2D eigenvalue weighted by atomic mass is 10.0. The Morgan fingerprint density at radius 2 is 1.79 bits per heavy atom. The van der Waals surface area contributed by atoms with Crippen LogP contribution in [0, 0.1) is 0 Å². The first-order chi connectivity index (χ1) is 13.5. The fourth-order valence-corrected chi connectivity index (χ4v) is 3.64. The zero-order valence-corrected chi connectivity index (χ0v) is 16.4. The summed E-state index contributed by atoms with van der Waals surface area (Å²) in [6, 6.07) is 11.6. The minimum atomic E-state index is -0.472. The summed E-state index contributed by atoms with van der Waals surface area (Å²) in [4.78, 5) is 21.2. The van der Waals surface area contributed by atoms with Crippen molar-refractivity contribution in [3.63, 3.8) is 0 Å². The number of piperidine rings is 1. The summed E-state index contributed by atoms with van der Waals surface area (Å²) >= 11 is 0. The molecule has 1 N–H and O–H groups in total. The van der Waals surface area contributed by atoms with Gasteiger partial charge >= 0.3 is 0 Å². The molecule has 2 aromatic rings. The van der Waals surface area contributed by atoms with Gasteiger partial charge in [0.25, 0.3) is 5.91 Å². The molecule has 2 aliphatic rings. The first kappa shape index (κ1) is 18.7. The molecule has 4 rings (SSSR count). The smallest absolute Gasteiger partial charge is 0.254 e. The number of ether oxygens (including phenoxy) is 2. The van der Waals surface area contributed by atoms with Crippen molar-refractivity contribution in [1.29, 1.82) is 0 Å². The molecule has 3 heterocycles. The van der Waals surface area contributed by atoms with E-state index in [9.17, 15) is 4.79 Å². The number of nitrogens with one attached hydrogen (secondary N) is 1. The van der Waals surface area contributed by atoms with Gasteiger partial charge in [-0.05, 0) is 36.4 Å². The maximum absolute atomic E-state index is 12.9. The normalized spacial score (nSPS) is 18.3. The Kier molecular flexibility index (Phi) is 5.19. The highest BCUT2D eigenvalue weighted by molar-refractivity contribution is 5.95. The van der Waals surface area contributed by atoms with Gasteiger partial charge in [-0.15, -0.1) is 0 Å². The van der Waals surface area contributed by atoms with Crippen molar-refractivity contribution >= 4 is 23.1 Å². The third kappa shape index (κ3) is 3.95. The second-order valence-electron chi connectivity index (χ2n) is 7.40. The number of pyridine rings is 1. The first-order valence-corrected chi connectivity index (χ1v) is 9.62. The van der Waals surface area contributed by atoms with Gasteiger partial charge in [-0.1, -0.05) is 0 Å². The number of nitrogens with zero attached hydrogens (tertiary/aromatic N) is 3. The average molecular weight is 382 g/mol. The number of hydrogen-bond donors (Lipinski definition) is 1. The van der Waals surface area contributed by atoms with E-state index in [0.29, 0.717) is 50.5 Å². The number of carbonyl (C=O) groups excluding carboxylic acids is 1. The van der Waals surface area contributed by atoms with Crippen LogP contribution < -0.4 is 10.2 Å². The lowest BCUT2D eigenvalue weighted by molar-refractivity contribution is -0.181. The molecule has 28 heavy (non-hydrogen) atoms. The fraction of sp³-hybridized carbons (Fsp3) is 0.429. The molecule has 1 spiro atoms. The van der Waals surface area contributed by atoms with Crippen LogP contribution in [-0.2, 0) is 9.47 Å². The Balaban J connectivity index is 1.41. The molecular formula is C21H26N4O3. The van der Waals surface area contributed by atoms with Crippen LogP contribution in [0.2, 0.25) is 0 Å². The molecule has 2 saturated heterocycles. The van der Waals surface area contributed by atoms with E-state index in [2.05, 4.69) is 10.3 Å². The Morgan fingerprint density at radius 1 is 1.11 bits per heavy atom. The quantitative estimate of drug-likeness (QED) is 0.877. The van der Waals surface area contributed by atoms with Crippen LogP contribution in [0.1, 0.15) is 23.2 Å². The topological polar surface area (TPSA) is 66.9 Å². The van der Waals surface area contributed by atoms with E-state index >= 15 is 0 Å². The minimum absolute atomic E-state index is 0.0150. The van der Waals surface area contributed by atoms with E-state index in [4.69, 9.17) is 9.47 Å². The van der Waals surface area contributed by atoms with E-state index in [1.54, 1.807) is 18.3 Å². The molecule has 7 heteroatoms. The van der Waals surface area contributed by atoms with Gasteiger partial charge in [0.05, 0.1) is 13.2 Å². The molecule has 148 valence electrons. The summed E-state index contributed by atoms with van der Waals surface area (Å²) in [6.07, 6.45) is 3.10. The second kappa shape index (κ2) is 7.77. The van der Waals surface area contributed by atoms with E-state index in [1.165, 1.54) is 0 Å². The van der Waals surface area contributed by atoms with Crippen LogP contribution >= 0.6 is 0 Å². The summed E-state index contributed by atoms with van der Waals surface area (Å²) in [5, 5.41) is 3.27. The third-order valence-electron chi connectivity index (χ3n) is 5.29. The Hall–Kier alpha value is -2.64. The lowest BCUT2D eigenvalue weighted by Crippen LogP contribution is -2.47. The molecule has 0 radical (unpaired) electrons. The van der Waals surface area contributed by atoms with E-state index < -0.39 is 5.79 Å². The SMILES string of the molecule is CN(C)c1ccc(Nc2cc(C(=O)N3CCC4(CC3)OCCO4)ccn2)cc1. The predicted molar refractivity (Wildman–Crippen MR) is 108 cm³/mol. The Labute approximate surface area is 165 Å². The van der Waals surface area contributed by atoms with Crippen molar-refractivity contribution in [3.8, 4) is 0 Å². The van der Waals surface area contributed by atoms with E-state index in [1.807, 2.05) is 48.2 Å². The predicted octanol–water partition coefficient (Wildman–Crippen LogP) is 2.87. The number of carbonyl (C=O) groups is 1. The number of rotatable bonds is 4. The van der Waals surface area contributed by atoms with Crippen LogP contribution in [0.5, 0.6) is 0 Å². The number of amides is 1. The number of likely N-dealkylation sites (tertiary alicyclic amines) is 1. The van der Waals surface area contributed by atoms with Gasteiger partial charge in [0.15, 0.2) is 5.79 Å². The summed E-state index contributed by atoms with van der Waals surface area (Å²) in [7, 11) is 4.01. The molecular weight excluding hydrogens is 356 g/mol. The number of benzene rings is 1. The molecule has 0 unspecified atom stereocenters. The standard InChI is InChI=1S/C21H26N4O3/c1-24(2)18-5-3-17(4-6-18)23-19-15-16(7-10-22-19)20(26)25-11-8-21(9-12-25)27-13-14-28-21/h3-7,10,15H,8-9,11-14H2,1-2H3,(H,22,23). The lowest BCUT2D eigenvalue weighted by Gasteiger charge is -2.37. The van der Waals surface area contributed by atoms with Gasteiger partial charge in [0, 0.05) is 63.2 Å². The Morgan fingerprint density at radius 3 is 2.43 bits per heavy atom. The van der Waals surface area contributed by atoms with Gasteiger partial charge in [-0.3, -0.25) is 4.79 Å². The fourth-order valence-electron chi connectivity index (χ4n) is 3.64. The molecule has 0 bridgehead atoms. The summed E-state index contributed by atoms with van der Waals surface area (Å²) < 4.78 is 11.5. The molecule has 1 aromatic heterocycles. The van der Waals surface area contributed by atoms with Crippen molar-refractivity contribution in [1.82, 2.24) is 9.88 Å². The monoisotopic (exact) mass is 382 g/mol. The molecule has 1 aromatic carbocycles. The van der Waals surface area contributed by atoms with Crippen molar-refractivity contribution in [2.75, 3.05) is 50.6 Å². The van der Waals surface area contributed by atoms with Gasteiger partial charge in [-0.25, -0.2) is 4.98 Å². The minimum Gasteiger partial charge on any atom is -0.378 e. The highest BCUT2D eigenvalue weighted by Crippen LogP contribution is 2.31. The second-order valence-corrected chi connectivity index (χ2v) is 7.40. The van der Waals surface area contributed by atoms with Gasteiger partial charge < -0.3 is 24.6 Å². The number of hydrogen-bond acceptors (Lipinski definition) is 6. The van der Waals surface area contributed by atoms with Crippen molar-refractivity contribution in [2.24, 2.45) is 0 Å². The molecule has 0 atom stereocenters. The van der Waals surface area contributed by atoms with Gasteiger partial charge in [-0.2, -0.15) is 0 Å². The maximum Gasteiger partial charge on any atom is 0.254 e. The van der Waals surface area contributed by atoms with E-state index in [0.717, 1.165) is 11.4 Å². The molecule has 0 saturated carbocycles. The molecule has 2 fully saturated rings.